The zero-order chi connectivity index (χ0) is 17.8. The zero-order valence-electron chi connectivity index (χ0n) is 14.5. The predicted molar refractivity (Wildman–Crippen MR) is 102 cm³/mol. The van der Waals surface area contributed by atoms with Crippen LogP contribution in [0.15, 0.2) is 42.5 Å². The van der Waals surface area contributed by atoms with Gasteiger partial charge in [-0.2, -0.15) is 0 Å². The molecule has 0 unspecified atom stereocenters. The maximum atomic E-state index is 12.3. The summed E-state index contributed by atoms with van der Waals surface area (Å²) < 4.78 is 6.25. The van der Waals surface area contributed by atoms with Crippen molar-refractivity contribution in [3.63, 3.8) is 0 Å². The van der Waals surface area contributed by atoms with E-state index in [1.807, 2.05) is 56.3 Å². The minimum Gasteiger partial charge on any atom is -0.497 e. The average Bonchev–Trinajstić information content (AvgIpc) is 2.99. The van der Waals surface area contributed by atoms with Gasteiger partial charge >= 0.3 is 0 Å². The number of carbonyl (C=O) groups is 1. The van der Waals surface area contributed by atoms with E-state index in [0.717, 1.165) is 32.2 Å². The summed E-state index contributed by atoms with van der Waals surface area (Å²) in [6, 6.07) is 13.3. The van der Waals surface area contributed by atoms with Crippen LogP contribution in [0.25, 0.3) is 10.2 Å². The molecule has 2 N–H and O–H groups in total. The van der Waals surface area contributed by atoms with Crippen LogP contribution in [0.1, 0.15) is 17.5 Å². The fourth-order valence-corrected chi connectivity index (χ4v) is 3.40. The maximum Gasteiger partial charge on any atom is 0.242 e. The molecule has 1 atom stereocenters. The number of aromatic nitrogens is 1. The highest BCUT2D eigenvalue weighted by molar-refractivity contribution is 7.18. The molecule has 0 spiro atoms. The predicted octanol–water partition coefficient (Wildman–Crippen LogP) is 3.73. The van der Waals surface area contributed by atoms with Crippen LogP contribution in [0.2, 0.25) is 0 Å². The lowest BCUT2D eigenvalue weighted by Crippen LogP contribution is -2.37. The van der Waals surface area contributed by atoms with Gasteiger partial charge in [0.1, 0.15) is 11.8 Å². The van der Waals surface area contributed by atoms with E-state index >= 15 is 0 Å². The Bertz CT molecular complexity index is 874. The fraction of sp³-hybridized carbons (Fsp3) is 0.263. The van der Waals surface area contributed by atoms with E-state index in [0.29, 0.717) is 6.54 Å². The van der Waals surface area contributed by atoms with Crippen molar-refractivity contribution in [2.45, 2.75) is 26.4 Å². The average molecular weight is 355 g/mol. The molecule has 0 radical (unpaired) electrons. The van der Waals surface area contributed by atoms with Gasteiger partial charge in [-0.15, -0.1) is 11.3 Å². The van der Waals surface area contributed by atoms with Gasteiger partial charge < -0.3 is 15.4 Å². The minimum absolute atomic E-state index is 0.0450. The van der Waals surface area contributed by atoms with Gasteiger partial charge in [-0.05, 0) is 49.7 Å². The Labute approximate surface area is 151 Å². The number of ether oxygens (including phenoxy) is 1. The first-order valence-electron chi connectivity index (χ1n) is 8.09. The van der Waals surface area contributed by atoms with Crippen molar-refractivity contribution in [3.8, 4) is 5.75 Å². The van der Waals surface area contributed by atoms with Gasteiger partial charge in [-0.1, -0.05) is 12.1 Å². The molecule has 0 fully saturated rings. The molecule has 0 saturated heterocycles. The van der Waals surface area contributed by atoms with E-state index in [1.165, 1.54) is 0 Å². The highest BCUT2D eigenvalue weighted by Crippen LogP contribution is 2.25. The summed E-state index contributed by atoms with van der Waals surface area (Å²) in [5.41, 5.74) is 2.94. The third-order valence-corrected chi connectivity index (χ3v) is 4.83. The van der Waals surface area contributed by atoms with Crippen LogP contribution < -0.4 is 15.4 Å². The lowest BCUT2D eigenvalue weighted by atomic mass is 10.2. The quantitative estimate of drug-likeness (QED) is 0.707. The number of carbonyl (C=O) groups excluding carboxylic acids is 1. The van der Waals surface area contributed by atoms with Gasteiger partial charge in [0.2, 0.25) is 5.91 Å². The number of amides is 1. The molecule has 1 aromatic heterocycles. The van der Waals surface area contributed by atoms with Crippen molar-refractivity contribution < 1.29 is 9.53 Å². The SMILES string of the molecule is COc1ccc(CNC(=O)[C@H](C)Nc2ccc3nc(C)sc3c2)cc1. The molecule has 0 aliphatic carbocycles. The van der Waals surface area contributed by atoms with E-state index in [1.54, 1.807) is 18.4 Å². The second-order valence-corrected chi connectivity index (χ2v) is 7.08. The Kier molecular flexibility index (Phi) is 5.19. The van der Waals surface area contributed by atoms with E-state index in [-0.39, 0.29) is 11.9 Å². The smallest absolute Gasteiger partial charge is 0.242 e. The third-order valence-electron chi connectivity index (χ3n) is 3.90. The Morgan fingerprint density at radius 2 is 2.00 bits per heavy atom. The number of nitrogens with zero attached hydrogens (tertiary/aromatic N) is 1. The number of anilines is 1. The Hall–Kier alpha value is -2.60. The molecule has 1 heterocycles. The van der Waals surface area contributed by atoms with Gasteiger partial charge in [-0.3, -0.25) is 4.79 Å². The fourth-order valence-electron chi connectivity index (χ4n) is 2.53. The van der Waals surface area contributed by atoms with Gasteiger partial charge in [0, 0.05) is 12.2 Å². The Morgan fingerprint density at radius 3 is 2.72 bits per heavy atom. The largest absolute Gasteiger partial charge is 0.497 e. The lowest BCUT2D eigenvalue weighted by Gasteiger charge is -2.15. The summed E-state index contributed by atoms with van der Waals surface area (Å²) in [6.07, 6.45) is 0. The number of hydrogen-bond acceptors (Lipinski definition) is 5. The van der Waals surface area contributed by atoms with Gasteiger partial charge in [0.15, 0.2) is 0 Å². The number of hydrogen-bond donors (Lipinski definition) is 2. The molecule has 25 heavy (non-hydrogen) atoms. The molecule has 0 saturated carbocycles. The standard InChI is InChI=1S/C19H21N3O2S/c1-12(19(23)20-11-14-4-7-16(24-3)8-5-14)21-15-6-9-17-18(10-15)25-13(2)22-17/h4-10,12,21H,11H2,1-3H3,(H,20,23)/t12-/m0/s1. The molecule has 6 heteroatoms. The van der Waals surface area contributed by atoms with Crippen molar-refractivity contribution in [2.24, 2.45) is 0 Å². The second-order valence-electron chi connectivity index (χ2n) is 5.85. The van der Waals surface area contributed by atoms with E-state index < -0.39 is 0 Å². The molecule has 130 valence electrons. The first kappa shape index (κ1) is 17.2. The summed E-state index contributed by atoms with van der Waals surface area (Å²) >= 11 is 1.65. The summed E-state index contributed by atoms with van der Waals surface area (Å²) in [4.78, 5) is 16.7. The molecule has 3 rings (SSSR count). The monoisotopic (exact) mass is 355 g/mol. The molecule has 0 bridgehead atoms. The van der Waals surface area contributed by atoms with Crippen LogP contribution >= 0.6 is 11.3 Å². The van der Waals surface area contributed by atoms with Crippen LogP contribution in [-0.2, 0) is 11.3 Å². The van der Waals surface area contributed by atoms with Crippen LogP contribution in [0.4, 0.5) is 5.69 Å². The van der Waals surface area contributed by atoms with Gasteiger partial charge in [-0.25, -0.2) is 4.98 Å². The number of nitrogens with one attached hydrogen (secondary N) is 2. The van der Waals surface area contributed by atoms with E-state index in [4.69, 9.17) is 4.74 Å². The molecule has 0 aliphatic heterocycles. The normalized spacial score (nSPS) is 12.0. The highest BCUT2D eigenvalue weighted by atomic mass is 32.1. The third kappa shape index (κ3) is 4.28. The Morgan fingerprint density at radius 1 is 1.24 bits per heavy atom. The summed E-state index contributed by atoms with van der Waals surface area (Å²) in [7, 11) is 1.63. The molecular formula is C19H21N3O2S. The first-order valence-corrected chi connectivity index (χ1v) is 8.91. The molecule has 3 aromatic rings. The van der Waals surface area contributed by atoms with Crippen molar-refractivity contribution >= 4 is 33.1 Å². The molecule has 0 aliphatic rings. The summed E-state index contributed by atoms with van der Waals surface area (Å²) in [5.74, 6) is 0.759. The Balaban J connectivity index is 1.57. The number of benzene rings is 2. The number of thiazole rings is 1. The number of methoxy groups -OCH3 is 1. The first-order chi connectivity index (χ1) is 12.0. The van der Waals surface area contributed by atoms with Crippen molar-refractivity contribution in [1.82, 2.24) is 10.3 Å². The van der Waals surface area contributed by atoms with Crippen LogP contribution in [0, 0.1) is 6.92 Å². The van der Waals surface area contributed by atoms with Crippen molar-refractivity contribution in [2.75, 3.05) is 12.4 Å². The van der Waals surface area contributed by atoms with Crippen molar-refractivity contribution in [3.05, 3.63) is 53.0 Å². The zero-order valence-corrected chi connectivity index (χ0v) is 15.3. The van der Waals surface area contributed by atoms with Crippen molar-refractivity contribution in [1.29, 1.82) is 0 Å². The topological polar surface area (TPSA) is 63.2 Å². The number of aryl methyl sites for hydroxylation is 1. The second kappa shape index (κ2) is 7.53. The number of fused-ring (bicyclic) bond motifs is 1. The summed E-state index contributed by atoms with van der Waals surface area (Å²) in [5, 5.41) is 7.23. The van der Waals surface area contributed by atoms with Crippen LogP contribution in [0.5, 0.6) is 5.75 Å². The van der Waals surface area contributed by atoms with Gasteiger partial charge in [0.05, 0.1) is 22.3 Å². The van der Waals surface area contributed by atoms with Gasteiger partial charge in [0.25, 0.3) is 0 Å². The van der Waals surface area contributed by atoms with Crippen LogP contribution in [-0.4, -0.2) is 24.0 Å². The molecule has 1 amide bonds. The minimum atomic E-state index is -0.329. The van der Waals surface area contributed by atoms with Crippen LogP contribution in [0.3, 0.4) is 0 Å². The highest BCUT2D eigenvalue weighted by Gasteiger charge is 2.13. The number of rotatable bonds is 6. The summed E-state index contributed by atoms with van der Waals surface area (Å²) in [6.45, 7) is 4.33. The maximum absolute atomic E-state index is 12.3. The molecular weight excluding hydrogens is 334 g/mol. The molecule has 5 nitrogen and oxygen atoms in total. The van der Waals surface area contributed by atoms with E-state index in [2.05, 4.69) is 15.6 Å². The van der Waals surface area contributed by atoms with E-state index in [9.17, 15) is 4.79 Å². The lowest BCUT2D eigenvalue weighted by molar-refractivity contribution is -0.121. The molecule has 2 aromatic carbocycles.